The minimum absolute atomic E-state index is 0.125. The Bertz CT molecular complexity index is 709. The monoisotopic (exact) mass is 334 g/mol. The van der Waals surface area contributed by atoms with Gasteiger partial charge in [-0.1, -0.05) is 0 Å². The van der Waals surface area contributed by atoms with Crippen LogP contribution in [0, 0.1) is 13.8 Å². The Morgan fingerprint density at radius 2 is 2.08 bits per heavy atom. The number of hydrogen-bond acceptors (Lipinski definition) is 5. The second kappa shape index (κ2) is 5.61. The van der Waals surface area contributed by atoms with Crippen molar-refractivity contribution < 1.29 is 19.1 Å². The van der Waals surface area contributed by atoms with Gasteiger partial charge in [-0.05, 0) is 40.2 Å². The van der Waals surface area contributed by atoms with E-state index in [1.165, 1.54) is 13.8 Å². The third-order valence-electron chi connectivity index (χ3n) is 4.52. The Kier molecular flexibility index (Phi) is 3.85. The molecule has 2 aliphatic rings. The molecular weight excluding hydrogens is 312 g/mol. The molecule has 1 aromatic heterocycles. The van der Waals surface area contributed by atoms with Gasteiger partial charge in [0.25, 0.3) is 5.91 Å². The second-order valence-electron chi connectivity index (χ2n) is 6.92. The van der Waals surface area contributed by atoms with Gasteiger partial charge in [-0.15, -0.1) is 0 Å². The van der Waals surface area contributed by atoms with Gasteiger partial charge in [-0.2, -0.15) is 5.10 Å². The van der Waals surface area contributed by atoms with Crippen molar-refractivity contribution in [3.8, 4) is 0 Å². The summed E-state index contributed by atoms with van der Waals surface area (Å²) in [7, 11) is 0. The lowest BCUT2D eigenvalue weighted by Crippen LogP contribution is -2.43. The fourth-order valence-electron chi connectivity index (χ4n) is 3.28. The van der Waals surface area contributed by atoms with Crippen LogP contribution in [-0.4, -0.2) is 62.7 Å². The zero-order valence-electron chi connectivity index (χ0n) is 14.4. The molecule has 130 valence electrons. The molecule has 24 heavy (non-hydrogen) atoms. The summed E-state index contributed by atoms with van der Waals surface area (Å²) in [5.41, 5.74) is 0.811. The lowest BCUT2D eigenvalue weighted by Gasteiger charge is -2.20. The molecule has 3 heterocycles. The topological polar surface area (TPSA) is 84.7 Å². The summed E-state index contributed by atoms with van der Waals surface area (Å²) in [6.07, 6.45) is 0.0463. The zero-order valence-corrected chi connectivity index (χ0v) is 14.4. The van der Waals surface area contributed by atoms with E-state index >= 15 is 0 Å². The first-order valence-electron chi connectivity index (χ1n) is 8.04. The number of aromatic nitrogens is 2. The summed E-state index contributed by atoms with van der Waals surface area (Å²) in [5, 5.41) is 4.47. The quantitative estimate of drug-likeness (QED) is 0.824. The third kappa shape index (κ3) is 2.76. The van der Waals surface area contributed by atoms with E-state index in [0.717, 1.165) is 22.7 Å². The van der Waals surface area contributed by atoms with Crippen molar-refractivity contribution in [1.29, 1.82) is 0 Å². The molecule has 2 saturated heterocycles. The molecule has 1 atom stereocenters. The van der Waals surface area contributed by atoms with Gasteiger partial charge in [-0.25, -0.2) is 9.69 Å². The van der Waals surface area contributed by atoms with Gasteiger partial charge in [0.2, 0.25) is 5.91 Å². The Labute approximate surface area is 140 Å². The minimum Gasteiger partial charge on any atom is -0.433 e. The molecule has 0 saturated carbocycles. The van der Waals surface area contributed by atoms with E-state index in [2.05, 4.69) is 5.10 Å². The van der Waals surface area contributed by atoms with Crippen molar-refractivity contribution in [2.45, 2.75) is 45.8 Å². The summed E-state index contributed by atoms with van der Waals surface area (Å²) in [6.45, 7) is 7.81. The fraction of sp³-hybridized carbons (Fsp3) is 0.625. The van der Waals surface area contributed by atoms with Gasteiger partial charge >= 0.3 is 6.09 Å². The second-order valence-corrected chi connectivity index (χ2v) is 6.92. The van der Waals surface area contributed by atoms with Crippen LogP contribution < -0.4 is 0 Å². The van der Waals surface area contributed by atoms with Crippen LogP contribution in [-0.2, 0) is 14.3 Å². The van der Waals surface area contributed by atoms with Crippen LogP contribution >= 0.6 is 0 Å². The van der Waals surface area contributed by atoms with Gasteiger partial charge < -0.3 is 9.64 Å². The maximum atomic E-state index is 12.5. The number of likely N-dealkylation sites (tertiary alicyclic amines) is 1. The number of cyclic esters (lactones) is 1. The Hall–Kier alpha value is -2.38. The van der Waals surface area contributed by atoms with E-state index in [9.17, 15) is 14.4 Å². The number of carbonyl (C=O) groups is 3. The van der Waals surface area contributed by atoms with Crippen molar-refractivity contribution in [2.24, 2.45) is 0 Å². The molecular formula is C16H22N4O4. The number of carbonyl (C=O) groups excluding carboxylic acids is 3. The number of hydrogen-bond donors (Lipinski definition) is 0. The molecule has 2 fully saturated rings. The number of nitrogens with zero attached hydrogens (tertiary/aromatic N) is 4. The molecule has 3 rings (SSSR count). The highest BCUT2D eigenvalue weighted by molar-refractivity contribution is 6.04. The molecule has 8 nitrogen and oxygen atoms in total. The lowest BCUT2D eigenvalue weighted by molar-refractivity contribution is -0.139. The highest BCUT2D eigenvalue weighted by Gasteiger charge is 2.48. The standard InChI is InChI=1S/C16H22N4O4/c1-10-7-11(2)20(17-10)12-5-6-18(8-12)13(21)9-19-14(22)16(3,4)24-15(19)23/h7,12H,5-6,8-9H2,1-4H3/t12-/m1/s1. The van der Waals surface area contributed by atoms with Gasteiger partial charge in [0.1, 0.15) is 6.54 Å². The number of amides is 3. The molecule has 2 aliphatic heterocycles. The molecule has 0 N–H and O–H groups in total. The van der Waals surface area contributed by atoms with Crippen LogP contribution in [0.1, 0.15) is 37.7 Å². The van der Waals surface area contributed by atoms with Crippen LogP contribution in [0.5, 0.6) is 0 Å². The maximum absolute atomic E-state index is 12.5. The van der Waals surface area contributed by atoms with Crippen LogP contribution in [0.25, 0.3) is 0 Å². The largest absolute Gasteiger partial charge is 0.433 e. The van der Waals surface area contributed by atoms with Crippen molar-refractivity contribution in [2.75, 3.05) is 19.6 Å². The van der Waals surface area contributed by atoms with Gasteiger partial charge in [-0.3, -0.25) is 14.3 Å². The summed E-state index contributed by atoms with van der Waals surface area (Å²) in [5.74, 6) is -0.725. The van der Waals surface area contributed by atoms with E-state index in [1.54, 1.807) is 4.90 Å². The number of ether oxygens (including phenoxy) is 1. The van der Waals surface area contributed by atoms with Gasteiger partial charge in [0.15, 0.2) is 5.60 Å². The van der Waals surface area contributed by atoms with Crippen molar-refractivity contribution >= 4 is 17.9 Å². The van der Waals surface area contributed by atoms with Crippen molar-refractivity contribution in [3.63, 3.8) is 0 Å². The van der Waals surface area contributed by atoms with Crippen molar-refractivity contribution in [3.05, 3.63) is 17.5 Å². The van der Waals surface area contributed by atoms with E-state index in [0.29, 0.717) is 13.1 Å². The average Bonchev–Trinajstić information content (AvgIpc) is 3.13. The third-order valence-corrected chi connectivity index (χ3v) is 4.52. The fourth-order valence-corrected chi connectivity index (χ4v) is 3.28. The normalized spacial score (nSPS) is 23.1. The van der Waals surface area contributed by atoms with Gasteiger partial charge in [0.05, 0.1) is 11.7 Å². The molecule has 3 amide bonds. The Balaban J connectivity index is 1.64. The molecule has 0 unspecified atom stereocenters. The first-order valence-corrected chi connectivity index (χ1v) is 8.04. The zero-order chi connectivity index (χ0) is 17.6. The molecule has 0 aliphatic carbocycles. The molecule has 0 spiro atoms. The maximum Gasteiger partial charge on any atom is 0.418 e. The highest BCUT2D eigenvalue weighted by Crippen LogP contribution is 2.26. The van der Waals surface area contributed by atoms with Gasteiger partial charge in [0, 0.05) is 18.8 Å². The number of imide groups is 1. The summed E-state index contributed by atoms with van der Waals surface area (Å²) in [4.78, 5) is 38.9. The molecule has 0 radical (unpaired) electrons. The SMILES string of the molecule is Cc1cc(C)n([C@@H]2CCN(C(=O)CN3C(=O)OC(C)(C)C3=O)C2)n1. The first kappa shape index (κ1) is 16.5. The van der Waals surface area contributed by atoms with Crippen molar-refractivity contribution in [1.82, 2.24) is 19.6 Å². The van der Waals surface area contributed by atoms with Crippen LogP contribution in [0.15, 0.2) is 6.07 Å². The predicted octanol–water partition coefficient (Wildman–Crippen LogP) is 1.03. The molecule has 0 aromatic carbocycles. The lowest BCUT2D eigenvalue weighted by atomic mass is 10.1. The number of rotatable bonds is 3. The average molecular weight is 334 g/mol. The van der Waals surface area contributed by atoms with E-state index in [-0.39, 0.29) is 18.5 Å². The summed E-state index contributed by atoms with van der Waals surface area (Å²) in [6, 6.07) is 2.13. The highest BCUT2D eigenvalue weighted by atomic mass is 16.6. The Morgan fingerprint density at radius 1 is 1.38 bits per heavy atom. The van der Waals surface area contributed by atoms with E-state index in [4.69, 9.17) is 4.74 Å². The molecule has 0 bridgehead atoms. The smallest absolute Gasteiger partial charge is 0.418 e. The number of aryl methyl sites for hydroxylation is 2. The van der Waals surface area contributed by atoms with E-state index in [1.807, 2.05) is 24.6 Å². The molecule has 1 aromatic rings. The van der Waals surface area contributed by atoms with Crippen LogP contribution in [0.3, 0.4) is 0 Å². The first-order chi connectivity index (χ1) is 11.2. The van der Waals surface area contributed by atoms with Crippen LogP contribution in [0.2, 0.25) is 0 Å². The summed E-state index contributed by atoms with van der Waals surface area (Å²) >= 11 is 0. The van der Waals surface area contributed by atoms with Crippen LogP contribution in [0.4, 0.5) is 4.79 Å². The summed E-state index contributed by atoms with van der Waals surface area (Å²) < 4.78 is 6.94. The minimum atomic E-state index is -1.20. The Morgan fingerprint density at radius 3 is 2.62 bits per heavy atom. The van der Waals surface area contributed by atoms with E-state index < -0.39 is 17.6 Å². The molecule has 8 heteroatoms. The predicted molar refractivity (Wildman–Crippen MR) is 84.2 cm³/mol.